The predicted molar refractivity (Wildman–Crippen MR) is 104 cm³/mol. The Labute approximate surface area is 163 Å². The van der Waals surface area contributed by atoms with Gasteiger partial charge in [-0.1, -0.05) is 6.42 Å². The first-order valence-corrected chi connectivity index (χ1v) is 10.2. The van der Waals surface area contributed by atoms with E-state index in [9.17, 15) is 9.59 Å². The molecule has 7 heteroatoms. The van der Waals surface area contributed by atoms with E-state index < -0.39 is 17.7 Å². The van der Waals surface area contributed by atoms with E-state index in [1.165, 1.54) is 24.2 Å². The van der Waals surface area contributed by atoms with Crippen LogP contribution in [0, 0.1) is 0 Å². The lowest BCUT2D eigenvalue weighted by molar-refractivity contribution is -0.157. The first-order valence-electron chi connectivity index (χ1n) is 10.2. The number of ether oxygens (including phenoxy) is 2. The number of methoxy groups -OCH3 is 1. The molecule has 2 heterocycles. The van der Waals surface area contributed by atoms with E-state index >= 15 is 0 Å². The van der Waals surface area contributed by atoms with Crippen molar-refractivity contribution in [1.82, 2.24) is 14.7 Å². The van der Waals surface area contributed by atoms with Gasteiger partial charge in [0.15, 0.2) is 0 Å². The molecule has 2 rings (SSSR count). The molecule has 2 aliphatic rings. The molecule has 3 atom stereocenters. The summed E-state index contributed by atoms with van der Waals surface area (Å²) in [6, 6.07) is -0.182. The lowest BCUT2D eigenvalue weighted by atomic mass is 10.1. The zero-order valence-corrected chi connectivity index (χ0v) is 17.9. The van der Waals surface area contributed by atoms with E-state index in [2.05, 4.69) is 11.8 Å². The molecule has 2 saturated heterocycles. The fraction of sp³-hybridized carbons (Fsp3) is 0.900. The lowest BCUT2D eigenvalue weighted by Gasteiger charge is -2.43. The molecule has 0 aliphatic carbocycles. The van der Waals surface area contributed by atoms with Crippen LogP contribution in [0.3, 0.4) is 0 Å². The smallest absolute Gasteiger partial charge is 0.411 e. The van der Waals surface area contributed by atoms with E-state index in [4.69, 9.17) is 9.47 Å². The summed E-state index contributed by atoms with van der Waals surface area (Å²) in [5.41, 5.74) is -0.573. The van der Waals surface area contributed by atoms with Crippen LogP contribution in [0.4, 0.5) is 4.79 Å². The predicted octanol–water partition coefficient (Wildman–Crippen LogP) is 2.69. The minimum Gasteiger partial charge on any atom is -0.444 e. The Morgan fingerprint density at radius 2 is 1.78 bits per heavy atom. The van der Waals surface area contributed by atoms with Gasteiger partial charge < -0.3 is 19.3 Å². The first-order chi connectivity index (χ1) is 12.6. The Balaban J connectivity index is 1.97. The van der Waals surface area contributed by atoms with Gasteiger partial charge in [-0.15, -0.1) is 0 Å². The van der Waals surface area contributed by atoms with Crippen LogP contribution in [0.5, 0.6) is 0 Å². The van der Waals surface area contributed by atoms with Crippen LogP contribution < -0.4 is 0 Å². The van der Waals surface area contributed by atoms with Gasteiger partial charge in [-0.25, -0.2) is 4.79 Å². The second kappa shape index (κ2) is 9.24. The molecule has 0 saturated carbocycles. The lowest BCUT2D eigenvalue weighted by Crippen LogP contribution is -2.61. The quantitative estimate of drug-likeness (QED) is 0.730. The molecule has 0 N–H and O–H groups in total. The zero-order chi connectivity index (χ0) is 20.2. The number of carbonyl (C=O) groups is 2. The Morgan fingerprint density at radius 3 is 2.33 bits per heavy atom. The van der Waals surface area contributed by atoms with Gasteiger partial charge in [0.2, 0.25) is 5.91 Å². The Bertz CT molecular complexity index is 514. The molecule has 0 aromatic heterocycles. The largest absolute Gasteiger partial charge is 0.444 e. The average molecular weight is 384 g/mol. The van der Waals surface area contributed by atoms with Crippen molar-refractivity contribution in [2.45, 2.75) is 84.2 Å². The van der Waals surface area contributed by atoms with Gasteiger partial charge in [0.25, 0.3) is 0 Å². The second-order valence-corrected chi connectivity index (χ2v) is 8.75. The number of piperidine rings is 1. The standard InChI is InChI=1S/C20H37N3O4/c1-15(21-10-8-7-9-11-21)14-17(26-6)23-13-12-22(16(2)18(23)24)19(25)27-20(3,4)5/h15-17H,7-14H2,1-6H3/t15?,16-,17-/m0/s1. The molecular formula is C20H37N3O4. The van der Waals surface area contributed by atoms with Crippen molar-refractivity contribution in [3.63, 3.8) is 0 Å². The Hall–Kier alpha value is -1.34. The van der Waals surface area contributed by atoms with Gasteiger partial charge in [-0.3, -0.25) is 9.69 Å². The maximum absolute atomic E-state index is 12.9. The molecule has 2 fully saturated rings. The van der Waals surface area contributed by atoms with Gasteiger partial charge in [-0.2, -0.15) is 0 Å². The highest BCUT2D eigenvalue weighted by molar-refractivity contribution is 5.86. The molecule has 0 aromatic carbocycles. The second-order valence-electron chi connectivity index (χ2n) is 8.75. The SMILES string of the molecule is CO[C@@H](CC(C)N1CCCCC1)N1CCN(C(=O)OC(C)(C)C)[C@@H](C)C1=O. The zero-order valence-electron chi connectivity index (χ0n) is 17.9. The highest BCUT2D eigenvalue weighted by atomic mass is 16.6. The monoisotopic (exact) mass is 383 g/mol. The van der Waals surface area contributed by atoms with Crippen LogP contribution in [0.1, 0.15) is 60.3 Å². The average Bonchev–Trinajstić information content (AvgIpc) is 2.61. The van der Waals surface area contributed by atoms with E-state index in [1.807, 2.05) is 20.8 Å². The van der Waals surface area contributed by atoms with Gasteiger partial charge in [0, 0.05) is 32.7 Å². The molecule has 2 amide bonds. The Kier molecular flexibility index (Phi) is 7.51. The van der Waals surface area contributed by atoms with E-state index in [0.717, 1.165) is 19.5 Å². The van der Waals surface area contributed by atoms with E-state index in [-0.39, 0.29) is 12.1 Å². The van der Waals surface area contributed by atoms with Crippen LogP contribution in [0.15, 0.2) is 0 Å². The highest BCUT2D eigenvalue weighted by Crippen LogP contribution is 2.22. The number of likely N-dealkylation sites (tertiary alicyclic amines) is 1. The number of amides is 2. The highest BCUT2D eigenvalue weighted by Gasteiger charge is 2.39. The molecular weight excluding hydrogens is 346 g/mol. The topological polar surface area (TPSA) is 62.3 Å². The van der Waals surface area contributed by atoms with Crippen molar-refractivity contribution < 1.29 is 19.1 Å². The van der Waals surface area contributed by atoms with E-state index in [0.29, 0.717) is 19.1 Å². The summed E-state index contributed by atoms with van der Waals surface area (Å²) >= 11 is 0. The van der Waals surface area contributed by atoms with Crippen LogP contribution in [0.2, 0.25) is 0 Å². The van der Waals surface area contributed by atoms with Gasteiger partial charge in [-0.05, 0) is 60.5 Å². The van der Waals surface area contributed by atoms with E-state index in [1.54, 1.807) is 18.9 Å². The maximum atomic E-state index is 12.9. The van der Waals surface area contributed by atoms with Crippen molar-refractivity contribution in [2.24, 2.45) is 0 Å². The number of hydrogen-bond acceptors (Lipinski definition) is 5. The number of piperazine rings is 1. The number of rotatable bonds is 5. The molecule has 1 unspecified atom stereocenters. The fourth-order valence-electron chi connectivity index (χ4n) is 3.90. The summed E-state index contributed by atoms with van der Waals surface area (Å²) in [6.07, 6.45) is 3.87. The normalized spacial score (nSPS) is 24.7. The number of hydrogen-bond donors (Lipinski definition) is 0. The summed E-state index contributed by atoms with van der Waals surface area (Å²) in [7, 11) is 1.66. The van der Waals surface area contributed by atoms with Crippen molar-refractivity contribution in [2.75, 3.05) is 33.3 Å². The first kappa shape index (κ1) is 22.0. The summed E-state index contributed by atoms with van der Waals surface area (Å²) in [6.45, 7) is 12.6. The van der Waals surface area contributed by atoms with Crippen molar-refractivity contribution >= 4 is 12.0 Å². The van der Waals surface area contributed by atoms with Crippen LogP contribution in [-0.2, 0) is 14.3 Å². The molecule has 0 radical (unpaired) electrons. The maximum Gasteiger partial charge on any atom is 0.411 e. The molecule has 0 bridgehead atoms. The van der Waals surface area contributed by atoms with Crippen molar-refractivity contribution in [3.8, 4) is 0 Å². The third-order valence-corrected chi connectivity index (χ3v) is 5.49. The summed E-state index contributed by atoms with van der Waals surface area (Å²) in [5.74, 6) is -0.0789. The minimum absolute atomic E-state index is 0.0789. The van der Waals surface area contributed by atoms with Crippen LogP contribution in [0.25, 0.3) is 0 Å². The third-order valence-electron chi connectivity index (χ3n) is 5.49. The van der Waals surface area contributed by atoms with Gasteiger partial charge >= 0.3 is 6.09 Å². The Morgan fingerprint density at radius 1 is 1.15 bits per heavy atom. The molecule has 7 nitrogen and oxygen atoms in total. The fourth-order valence-corrected chi connectivity index (χ4v) is 3.90. The van der Waals surface area contributed by atoms with Gasteiger partial charge in [0.1, 0.15) is 17.9 Å². The summed E-state index contributed by atoms with van der Waals surface area (Å²) < 4.78 is 11.1. The van der Waals surface area contributed by atoms with Crippen LogP contribution in [-0.4, -0.2) is 83.9 Å². The third kappa shape index (κ3) is 5.82. The number of nitrogens with zero attached hydrogens (tertiary/aromatic N) is 3. The summed E-state index contributed by atoms with van der Waals surface area (Å²) in [4.78, 5) is 31.1. The molecule has 27 heavy (non-hydrogen) atoms. The van der Waals surface area contributed by atoms with Crippen molar-refractivity contribution in [1.29, 1.82) is 0 Å². The van der Waals surface area contributed by atoms with Gasteiger partial charge in [0.05, 0.1) is 0 Å². The number of carbonyl (C=O) groups excluding carboxylic acids is 2. The van der Waals surface area contributed by atoms with Crippen LogP contribution >= 0.6 is 0 Å². The molecule has 0 aromatic rings. The molecule has 2 aliphatic heterocycles. The molecule has 0 spiro atoms. The summed E-state index contributed by atoms with van der Waals surface area (Å²) in [5, 5.41) is 0. The minimum atomic E-state index is -0.573. The molecule has 156 valence electrons. The van der Waals surface area contributed by atoms with Crippen molar-refractivity contribution in [3.05, 3.63) is 0 Å².